The predicted molar refractivity (Wildman–Crippen MR) is 117 cm³/mol. The molecule has 5 nitrogen and oxygen atoms in total. The minimum atomic E-state index is 0.0323. The number of carbonyl (C=O) groups is 1. The third-order valence-corrected chi connectivity index (χ3v) is 5.52. The third-order valence-electron chi connectivity index (χ3n) is 5.52. The largest absolute Gasteiger partial charge is 0.492 e. The van der Waals surface area contributed by atoms with Crippen molar-refractivity contribution in [2.75, 3.05) is 45.9 Å². The van der Waals surface area contributed by atoms with Gasteiger partial charge in [-0.15, -0.1) is 0 Å². The molecule has 29 heavy (non-hydrogen) atoms. The molecule has 1 aliphatic rings. The average molecular weight is 396 g/mol. The van der Waals surface area contributed by atoms with Gasteiger partial charge in [0.1, 0.15) is 12.4 Å². The molecule has 3 rings (SSSR count). The lowest BCUT2D eigenvalue weighted by Gasteiger charge is -2.34. The molecule has 2 aromatic carbocycles. The van der Waals surface area contributed by atoms with Gasteiger partial charge in [-0.05, 0) is 36.6 Å². The van der Waals surface area contributed by atoms with Crippen LogP contribution in [0.4, 0.5) is 0 Å². The molecule has 1 aliphatic heterocycles. The Morgan fingerprint density at radius 3 is 2.31 bits per heavy atom. The molecular weight excluding hydrogens is 362 g/mol. The van der Waals surface area contributed by atoms with E-state index >= 15 is 0 Å². The molecule has 1 heterocycles. The van der Waals surface area contributed by atoms with E-state index in [0.29, 0.717) is 13.2 Å². The molecule has 1 fully saturated rings. The zero-order valence-electron chi connectivity index (χ0n) is 17.6. The maximum Gasteiger partial charge on any atom is 0.234 e. The number of benzene rings is 2. The Kier molecular flexibility index (Phi) is 8.08. The fraction of sp³-hybridized carbons (Fsp3) is 0.458. The summed E-state index contributed by atoms with van der Waals surface area (Å²) in [5.74, 6) is 1.01. The molecule has 0 bridgehead atoms. The van der Waals surface area contributed by atoms with Crippen LogP contribution in [-0.2, 0) is 11.2 Å². The smallest absolute Gasteiger partial charge is 0.234 e. The predicted octanol–water partition coefficient (Wildman–Crippen LogP) is 3.12. The van der Waals surface area contributed by atoms with E-state index in [1.54, 1.807) is 0 Å². The van der Waals surface area contributed by atoms with Gasteiger partial charge in [-0.2, -0.15) is 0 Å². The Morgan fingerprint density at radius 2 is 1.66 bits per heavy atom. The molecule has 0 spiro atoms. The molecule has 0 aromatic heterocycles. The summed E-state index contributed by atoms with van der Waals surface area (Å²) in [6.45, 7) is 10.0. The van der Waals surface area contributed by atoms with Crippen LogP contribution < -0.4 is 10.1 Å². The maximum atomic E-state index is 12.4. The number of para-hydroxylation sites is 1. The summed E-state index contributed by atoms with van der Waals surface area (Å²) in [4.78, 5) is 17.1. The van der Waals surface area contributed by atoms with Gasteiger partial charge in [0.25, 0.3) is 0 Å². The summed E-state index contributed by atoms with van der Waals surface area (Å²) in [6.07, 6.45) is 1.03. The van der Waals surface area contributed by atoms with E-state index in [1.165, 1.54) is 5.56 Å². The number of hydrogen-bond donors (Lipinski definition) is 1. The highest BCUT2D eigenvalue weighted by Crippen LogP contribution is 2.14. The second kappa shape index (κ2) is 11.0. The first-order valence-electron chi connectivity index (χ1n) is 10.6. The molecule has 1 N–H and O–H groups in total. The maximum absolute atomic E-state index is 12.4. The number of carbonyl (C=O) groups excluding carboxylic acids is 1. The first-order chi connectivity index (χ1) is 14.1. The first kappa shape index (κ1) is 21.3. The zero-order chi connectivity index (χ0) is 20.5. The lowest BCUT2D eigenvalue weighted by Crippen LogP contribution is -2.50. The highest BCUT2D eigenvalue weighted by atomic mass is 16.5. The number of rotatable bonds is 9. The molecule has 2 aromatic rings. The van der Waals surface area contributed by atoms with Crippen LogP contribution in [0.2, 0.25) is 0 Å². The summed E-state index contributed by atoms with van der Waals surface area (Å²) in [7, 11) is 0. The number of ether oxygens (including phenoxy) is 1. The molecule has 156 valence electrons. The van der Waals surface area contributed by atoms with Crippen molar-refractivity contribution in [3.63, 3.8) is 0 Å². The molecule has 1 saturated heterocycles. The number of amides is 1. The van der Waals surface area contributed by atoms with Gasteiger partial charge in [-0.1, -0.05) is 49.4 Å². The van der Waals surface area contributed by atoms with Gasteiger partial charge < -0.3 is 10.1 Å². The fourth-order valence-corrected chi connectivity index (χ4v) is 3.60. The van der Waals surface area contributed by atoms with E-state index in [4.69, 9.17) is 4.74 Å². The summed E-state index contributed by atoms with van der Waals surface area (Å²) < 4.78 is 5.78. The van der Waals surface area contributed by atoms with E-state index in [1.807, 2.05) is 37.3 Å². The zero-order valence-corrected chi connectivity index (χ0v) is 17.6. The summed E-state index contributed by atoms with van der Waals surface area (Å²) >= 11 is 0. The van der Waals surface area contributed by atoms with E-state index in [-0.39, 0.29) is 11.9 Å². The Morgan fingerprint density at radius 1 is 1.00 bits per heavy atom. The van der Waals surface area contributed by atoms with E-state index in [9.17, 15) is 4.79 Å². The van der Waals surface area contributed by atoms with E-state index in [2.05, 4.69) is 46.3 Å². The number of nitrogens with one attached hydrogen (secondary N) is 1. The van der Waals surface area contributed by atoms with Crippen LogP contribution >= 0.6 is 0 Å². The minimum absolute atomic E-state index is 0.0323. The topological polar surface area (TPSA) is 44.8 Å². The Balaban J connectivity index is 1.33. The lowest BCUT2D eigenvalue weighted by molar-refractivity contribution is -0.123. The Bertz CT molecular complexity index is 740. The molecule has 0 radical (unpaired) electrons. The summed E-state index contributed by atoms with van der Waals surface area (Å²) in [6, 6.07) is 18.5. The van der Waals surface area contributed by atoms with Gasteiger partial charge >= 0.3 is 0 Å². The van der Waals surface area contributed by atoms with Crippen molar-refractivity contribution in [2.45, 2.75) is 26.3 Å². The summed E-state index contributed by atoms with van der Waals surface area (Å²) in [5, 5.41) is 3.13. The second-order valence-electron chi connectivity index (χ2n) is 7.66. The quantitative estimate of drug-likeness (QED) is 0.709. The van der Waals surface area contributed by atoms with Crippen LogP contribution in [0.25, 0.3) is 0 Å². The van der Waals surface area contributed by atoms with Gasteiger partial charge in [0.15, 0.2) is 0 Å². The second-order valence-corrected chi connectivity index (χ2v) is 7.66. The van der Waals surface area contributed by atoms with Gasteiger partial charge in [-0.25, -0.2) is 0 Å². The van der Waals surface area contributed by atoms with Crippen LogP contribution in [0, 0.1) is 0 Å². The minimum Gasteiger partial charge on any atom is -0.492 e. The molecule has 0 saturated carbocycles. The normalized spacial score (nSPS) is 16.3. The Hall–Kier alpha value is -2.37. The standard InChI is InChI=1S/C24H33N3O2/c1-3-21-9-11-22(12-10-21)20(2)25-24(28)19-27-15-13-26(14-16-27)17-18-29-23-7-5-4-6-8-23/h4-12,20H,3,13-19H2,1-2H3,(H,25,28). The lowest BCUT2D eigenvalue weighted by atomic mass is 10.1. The van der Waals surface area contributed by atoms with E-state index in [0.717, 1.165) is 50.5 Å². The molecule has 0 aliphatic carbocycles. The first-order valence-corrected chi connectivity index (χ1v) is 10.6. The Labute approximate surface area is 174 Å². The van der Waals surface area contributed by atoms with Crippen molar-refractivity contribution in [2.24, 2.45) is 0 Å². The van der Waals surface area contributed by atoms with Crippen molar-refractivity contribution in [3.8, 4) is 5.75 Å². The molecule has 1 unspecified atom stereocenters. The van der Waals surface area contributed by atoms with Crippen LogP contribution in [-0.4, -0.2) is 61.6 Å². The van der Waals surface area contributed by atoms with Crippen molar-refractivity contribution < 1.29 is 9.53 Å². The molecular formula is C24H33N3O2. The monoisotopic (exact) mass is 395 g/mol. The summed E-state index contributed by atoms with van der Waals surface area (Å²) in [5.41, 5.74) is 2.47. The van der Waals surface area contributed by atoms with Crippen LogP contribution in [0.1, 0.15) is 31.0 Å². The molecule has 1 amide bonds. The van der Waals surface area contributed by atoms with Gasteiger partial charge in [0, 0.05) is 32.7 Å². The van der Waals surface area contributed by atoms with Gasteiger partial charge in [-0.3, -0.25) is 14.6 Å². The van der Waals surface area contributed by atoms with E-state index < -0.39 is 0 Å². The van der Waals surface area contributed by atoms with Crippen molar-refractivity contribution >= 4 is 5.91 Å². The molecule has 1 atom stereocenters. The van der Waals surface area contributed by atoms with Crippen LogP contribution in [0.15, 0.2) is 54.6 Å². The van der Waals surface area contributed by atoms with Crippen molar-refractivity contribution in [1.82, 2.24) is 15.1 Å². The average Bonchev–Trinajstić information content (AvgIpc) is 2.75. The highest BCUT2D eigenvalue weighted by molar-refractivity contribution is 5.78. The number of aryl methyl sites for hydroxylation is 1. The van der Waals surface area contributed by atoms with Crippen molar-refractivity contribution in [1.29, 1.82) is 0 Å². The number of hydrogen-bond acceptors (Lipinski definition) is 4. The van der Waals surface area contributed by atoms with Crippen LogP contribution in [0.3, 0.4) is 0 Å². The number of nitrogens with zero attached hydrogens (tertiary/aromatic N) is 2. The van der Waals surface area contributed by atoms with Gasteiger partial charge in [0.2, 0.25) is 5.91 Å². The van der Waals surface area contributed by atoms with Crippen LogP contribution in [0.5, 0.6) is 5.75 Å². The highest BCUT2D eigenvalue weighted by Gasteiger charge is 2.19. The fourth-order valence-electron chi connectivity index (χ4n) is 3.60. The third kappa shape index (κ3) is 6.87. The molecule has 5 heteroatoms. The SMILES string of the molecule is CCc1ccc(C(C)NC(=O)CN2CCN(CCOc3ccccc3)CC2)cc1. The number of piperazine rings is 1. The van der Waals surface area contributed by atoms with Crippen molar-refractivity contribution in [3.05, 3.63) is 65.7 Å². The van der Waals surface area contributed by atoms with Gasteiger partial charge in [0.05, 0.1) is 12.6 Å².